The second kappa shape index (κ2) is 3.80. The second-order valence-electron chi connectivity index (χ2n) is 3.71. The van der Waals surface area contributed by atoms with Crippen molar-refractivity contribution in [1.29, 1.82) is 0 Å². The van der Waals surface area contributed by atoms with Crippen molar-refractivity contribution in [3.05, 3.63) is 23.9 Å². The lowest BCUT2D eigenvalue weighted by Gasteiger charge is -2.37. The molecule has 2 rings (SSSR count). The molecular formula is C10H11N3O3. The Morgan fingerprint density at radius 1 is 1.44 bits per heavy atom. The van der Waals surface area contributed by atoms with Gasteiger partial charge in [0.25, 0.3) is 0 Å². The zero-order valence-corrected chi connectivity index (χ0v) is 8.46. The van der Waals surface area contributed by atoms with E-state index in [1.807, 2.05) is 4.90 Å². The van der Waals surface area contributed by atoms with E-state index >= 15 is 0 Å². The van der Waals surface area contributed by atoms with Crippen molar-refractivity contribution < 1.29 is 14.7 Å². The van der Waals surface area contributed by atoms with E-state index in [4.69, 9.17) is 10.8 Å². The van der Waals surface area contributed by atoms with Crippen LogP contribution in [0, 0.1) is 5.92 Å². The summed E-state index contributed by atoms with van der Waals surface area (Å²) in [6, 6.07) is 3.25. The van der Waals surface area contributed by atoms with Crippen LogP contribution >= 0.6 is 0 Å². The zero-order valence-electron chi connectivity index (χ0n) is 8.46. The molecule has 16 heavy (non-hydrogen) atoms. The van der Waals surface area contributed by atoms with Crippen LogP contribution in [-0.2, 0) is 4.79 Å². The van der Waals surface area contributed by atoms with E-state index < -0.39 is 11.9 Å². The van der Waals surface area contributed by atoms with Crippen LogP contribution < -0.4 is 10.6 Å². The predicted octanol–water partition coefficient (Wildman–Crippen LogP) is -0.299. The van der Waals surface area contributed by atoms with Gasteiger partial charge in [-0.05, 0) is 12.1 Å². The first-order valence-electron chi connectivity index (χ1n) is 4.81. The van der Waals surface area contributed by atoms with E-state index in [2.05, 4.69) is 4.98 Å². The molecule has 1 aliphatic heterocycles. The van der Waals surface area contributed by atoms with Crippen molar-refractivity contribution in [3.63, 3.8) is 0 Å². The van der Waals surface area contributed by atoms with Gasteiger partial charge in [-0.1, -0.05) is 0 Å². The molecule has 0 unspecified atom stereocenters. The summed E-state index contributed by atoms with van der Waals surface area (Å²) in [5, 5.41) is 8.71. The van der Waals surface area contributed by atoms with Gasteiger partial charge in [0.05, 0.1) is 11.5 Å². The lowest BCUT2D eigenvalue weighted by Crippen LogP contribution is -2.50. The van der Waals surface area contributed by atoms with Crippen molar-refractivity contribution in [2.75, 3.05) is 18.0 Å². The third kappa shape index (κ3) is 1.81. The molecule has 0 atom stereocenters. The fourth-order valence-electron chi connectivity index (χ4n) is 1.54. The van der Waals surface area contributed by atoms with Gasteiger partial charge in [-0.2, -0.15) is 0 Å². The summed E-state index contributed by atoms with van der Waals surface area (Å²) >= 11 is 0. The molecule has 1 fully saturated rings. The first-order chi connectivity index (χ1) is 7.58. The molecule has 1 saturated heterocycles. The molecule has 3 N–H and O–H groups in total. The van der Waals surface area contributed by atoms with Crippen molar-refractivity contribution in [2.24, 2.45) is 11.7 Å². The molecule has 1 aromatic heterocycles. The van der Waals surface area contributed by atoms with Gasteiger partial charge in [-0.15, -0.1) is 0 Å². The van der Waals surface area contributed by atoms with Crippen LogP contribution in [-0.4, -0.2) is 35.1 Å². The monoisotopic (exact) mass is 221 g/mol. The summed E-state index contributed by atoms with van der Waals surface area (Å²) in [5.74, 6) is -0.962. The van der Waals surface area contributed by atoms with Crippen LogP contribution in [0.3, 0.4) is 0 Å². The third-order valence-electron chi connectivity index (χ3n) is 2.59. The van der Waals surface area contributed by atoms with Gasteiger partial charge < -0.3 is 15.7 Å². The Kier molecular flexibility index (Phi) is 2.47. The first-order valence-corrected chi connectivity index (χ1v) is 4.81. The maximum atomic E-state index is 10.8. The number of nitrogens with two attached hydrogens (primary N) is 1. The van der Waals surface area contributed by atoms with E-state index in [0.29, 0.717) is 24.5 Å². The number of anilines is 1. The molecule has 0 radical (unpaired) electrons. The number of carboxylic acid groups (broad SMARTS) is 1. The molecule has 6 nitrogen and oxygen atoms in total. The lowest BCUT2D eigenvalue weighted by molar-refractivity contribution is -0.142. The zero-order chi connectivity index (χ0) is 11.7. The molecule has 1 aromatic rings. The smallest absolute Gasteiger partial charge is 0.310 e. The lowest BCUT2D eigenvalue weighted by atomic mass is 10.0. The Balaban J connectivity index is 2.02. The Morgan fingerprint density at radius 3 is 2.56 bits per heavy atom. The standard InChI is InChI=1S/C10H11N3O3/c11-9(14)6-1-2-8(12-3-6)13-4-7(5-13)10(15)16/h1-3,7H,4-5H2,(H2,11,14)(H,15,16). The molecule has 1 aliphatic rings. The molecule has 2 heterocycles. The number of rotatable bonds is 3. The highest BCUT2D eigenvalue weighted by molar-refractivity contribution is 5.92. The number of pyridine rings is 1. The number of primary amides is 1. The van der Waals surface area contributed by atoms with Gasteiger partial charge in [0.2, 0.25) is 5.91 Å². The maximum Gasteiger partial charge on any atom is 0.310 e. The number of aliphatic carboxylic acids is 1. The van der Waals surface area contributed by atoms with E-state index in [1.165, 1.54) is 6.20 Å². The minimum atomic E-state index is -0.787. The summed E-state index contributed by atoms with van der Waals surface area (Å²) in [6.45, 7) is 0.913. The third-order valence-corrected chi connectivity index (χ3v) is 2.59. The summed E-state index contributed by atoms with van der Waals surface area (Å²) in [5.41, 5.74) is 5.42. The highest BCUT2D eigenvalue weighted by atomic mass is 16.4. The molecular weight excluding hydrogens is 210 g/mol. The topological polar surface area (TPSA) is 96.5 Å². The highest BCUT2D eigenvalue weighted by Gasteiger charge is 2.33. The fourth-order valence-corrected chi connectivity index (χ4v) is 1.54. The van der Waals surface area contributed by atoms with Crippen LogP contribution in [0.2, 0.25) is 0 Å². The van der Waals surface area contributed by atoms with Crippen LogP contribution in [0.15, 0.2) is 18.3 Å². The number of carbonyl (C=O) groups excluding carboxylic acids is 1. The normalized spacial score (nSPS) is 15.6. The number of carbonyl (C=O) groups is 2. The summed E-state index contributed by atoms with van der Waals surface area (Å²) < 4.78 is 0. The summed E-state index contributed by atoms with van der Waals surface area (Å²) in [7, 11) is 0. The van der Waals surface area contributed by atoms with Gasteiger partial charge in [0, 0.05) is 19.3 Å². The minimum absolute atomic E-state index is 0.322. The number of amides is 1. The average molecular weight is 221 g/mol. The molecule has 0 spiro atoms. The molecule has 0 aliphatic carbocycles. The Bertz CT molecular complexity index is 423. The average Bonchev–Trinajstić information content (AvgIpc) is 2.15. The van der Waals surface area contributed by atoms with Crippen LogP contribution in [0.5, 0.6) is 0 Å². The summed E-state index contributed by atoms with van der Waals surface area (Å²) in [6.07, 6.45) is 1.39. The largest absolute Gasteiger partial charge is 0.481 e. The first kappa shape index (κ1) is 10.4. The van der Waals surface area contributed by atoms with Crippen molar-refractivity contribution in [2.45, 2.75) is 0 Å². The van der Waals surface area contributed by atoms with Crippen molar-refractivity contribution >= 4 is 17.7 Å². The van der Waals surface area contributed by atoms with E-state index in [9.17, 15) is 9.59 Å². The Labute approximate surface area is 91.7 Å². The second-order valence-corrected chi connectivity index (χ2v) is 3.71. The van der Waals surface area contributed by atoms with Crippen LogP contribution in [0.4, 0.5) is 5.82 Å². The number of aromatic nitrogens is 1. The van der Waals surface area contributed by atoms with Gasteiger partial charge in [0.1, 0.15) is 5.82 Å². The van der Waals surface area contributed by atoms with Crippen molar-refractivity contribution in [1.82, 2.24) is 4.98 Å². The van der Waals surface area contributed by atoms with Gasteiger partial charge in [0.15, 0.2) is 0 Å². The Morgan fingerprint density at radius 2 is 2.12 bits per heavy atom. The minimum Gasteiger partial charge on any atom is -0.481 e. The Hall–Kier alpha value is -2.11. The van der Waals surface area contributed by atoms with Crippen LogP contribution in [0.25, 0.3) is 0 Å². The molecule has 1 amide bonds. The van der Waals surface area contributed by atoms with Gasteiger partial charge >= 0.3 is 5.97 Å². The number of hydrogen-bond acceptors (Lipinski definition) is 4. The quantitative estimate of drug-likeness (QED) is 0.730. The fraction of sp³-hybridized carbons (Fsp3) is 0.300. The summed E-state index contributed by atoms with van der Waals surface area (Å²) in [4.78, 5) is 27.3. The number of carboxylic acids is 1. The molecule has 0 aromatic carbocycles. The van der Waals surface area contributed by atoms with E-state index in [-0.39, 0.29) is 5.92 Å². The van der Waals surface area contributed by atoms with Crippen LogP contribution in [0.1, 0.15) is 10.4 Å². The predicted molar refractivity (Wildman–Crippen MR) is 56.1 cm³/mol. The molecule has 0 saturated carbocycles. The van der Waals surface area contributed by atoms with Gasteiger partial charge in [-0.3, -0.25) is 9.59 Å². The maximum absolute atomic E-state index is 10.8. The molecule has 0 bridgehead atoms. The van der Waals surface area contributed by atoms with E-state index in [1.54, 1.807) is 12.1 Å². The molecule has 84 valence electrons. The molecule has 6 heteroatoms. The number of hydrogen-bond donors (Lipinski definition) is 2. The SMILES string of the molecule is NC(=O)c1ccc(N2CC(C(=O)O)C2)nc1. The number of nitrogens with zero attached hydrogens (tertiary/aromatic N) is 2. The van der Waals surface area contributed by atoms with Crippen molar-refractivity contribution in [3.8, 4) is 0 Å². The van der Waals surface area contributed by atoms with Gasteiger partial charge in [-0.25, -0.2) is 4.98 Å². The highest BCUT2D eigenvalue weighted by Crippen LogP contribution is 2.22. The van der Waals surface area contributed by atoms with E-state index in [0.717, 1.165) is 0 Å².